The van der Waals surface area contributed by atoms with Crippen molar-refractivity contribution in [1.29, 1.82) is 0 Å². The van der Waals surface area contributed by atoms with Crippen LogP contribution in [0.5, 0.6) is 0 Å². The third-order valence-electron chi connectivity index (χ3n) is 1.91. The first-order valence-corrected chi connectivity index (χ1v) is 4.89. The van der Waals surface area contributed by atoms with Crippen molar-refractivity contribution in [1.82, 2.24) is 0 Å². The van der Waals surface area contributed by atoms with Gasteiger partial charge in [-0.1, -0.05) is 27.7 Å². The van der Waals surface area contributed by atoms with Gasteiger partial charge >= 0.3 is 11.9 Å². The molecule has 1 fully saturated rings. The predicted molar refractivity (Wildman–Crippen MR) is 53.6 cm³/mol. The maximum Gasteiger partial charge on any atom is 0.342 e. The van der Waals surface area contributed by atoms with Crippen molar-refractivity contribution < 1.29 is 24.0 Å². The monoisotopic (exact) mass is 220 g/mol. The minimum Gasteiger partial charge on any atom is -0.469 e. The first-order chi connectivity index (χ1) is 6.89. The van der Waals surface area contributed by atoms with Gasteiger partial charge in [0.2, 0.25) is 0 Å². The molecule has 1 aliphatic rings. The molecule has 0 aliphatic carbocycles. The van der Waals surface area contributed by atoms with E-state index in [4.69, 9.17) is 4.74 Å². The van der Waals surface area contributed by atoms with Crippen molar-refractivity contribution in [2.75, 3.05) is 14.2 Å². The normalized spacial score (nSPS) is 17.1. The molecule has 1 rings (SSSR count). The molecule has 1 saturated heterocycles. The van der Waals surface area contributed by atoms with Gasteiger partial charge in [0.05, 0.1) is 13.0 Å². The fraction of sp³-hybridized carbons (Fsp3) is 0.900. The van der Waals surface area contributed by atoms with Crippen LogP contribution in [0.3, 0.4) is 0 Å². The number of hydrogen-bond acceptors (Lipinski definition) is 5. The van der Waals surface area contributed by atoms with E-state index >= 15 is 0 Å². The third kappa shape index (κ3) is 4.59. The second kappa shape index (κ2) is 6.05. The molecule has 0 aromatic heterocycles. The predicted octanol–water partition coefficient (Wildman–Crippen LogP) is 1.72. The van der Waals surface area contributed by atoms with Crippen LogP contribution < -0.4 is 0 Å². The number of esters is 1. The van der Waals surface area contributed by atoms with Crippen molar-refractivity contribution in [3.8, 4) is 0 Å². The summed E-state index contributed by atoms with van der Waals surface area (Å²) >= 11 is 0. The lowest BCUT2D eigenvalue weighted by Crippen LogP contribution is -2.20. The lowest BCUT2D eigenvalue weighted by Gasteiger charge is -2.06. The molecule has 0 amide bonds. The van der Waals surface area contributed by atoms with Gasteiger partial charge in [0, 0.05) is 13.0 Å². The van der Waals surface area contributed by atoms with Gasteiger partial charge in [-0.3, -0.25) is 4.79 Å². The summed E-state index contributed by atoms with van der Waals surface area (Å²) in [5.41, 5.74) is 0. The van der Waals surface area contributed by atoms with Crippen LogP contribution >= 0.6 is 0 Å². The average Bonchev–Trinajstić information content (AvgIpc) is 2.97. The first-order valence-electron chi connectivity index (χ1n) is 4.89. The summed E-state index contributed by atoms with van der Waals surface area (Å²) in [4.78, 5) is 19.5. The summed E-state index contributed by atoms with van der Waals surface area (Å²) in [5, 5.41) is 0. The molecular formula is C10H20O5. The molecule has 0 radical (unpaired) electrons. The second-order valence-electron chi connectivity index (χ2n) is 3.81. The highest BCUT2D eigenvalue weighted by molar-refractivity contribution is 5.71. The van der Waals surface area contributed by atoms with E-state index in [1.54, 1.807) is 21.0 Å². The smallest absolute Gasteiger partial charge is 0.342 e. The Morgan fingerprint density at radius 2 is 1.60 bits per heavy atom. The van der Waals surface area contributed by atoms with Gasteiger partial charge in [-0.05, 0) is 0 Å². The molecule has 0 bridgehead atoms. The molecule has 0 atom stereocenters. The Kier molecular flexibility index (Phi) is 5.79. The Hall–Kier alpha value is -0.650. The first kappa shape index (κ1) is 14.3. The molecular weight excluding hydrogens is 200 g/mol. The van der Waals surface area contributed by atoms with E-state index in [1.807, 2.05) is 13.8 Å². The van der Waals surface area contributed by atoms with Crippen molar-refractivity contribution in [2.24, 2.45) is 11.8 Å². The molecule has 5 nitrogen and oxygen atoms in total. The molecule has 0 saturated carbocycles. The largest absolute Gasteiger partial charge is 0.469 e. The quantitative estimate of drug-likeness (QED) is 0.411. The van der Waals surface area contributed by atoms with Gasteiger partial charge in [-0.2, -0.15) is 9.78 Å². The molecule has 0 aromatic rings. The molecule has 1 heterocycles. The molecule has 0 aromatic carbocycles. The van der Waals surface area contributed by atoms with Crippen LogP contribution in [0.4, 0.5) is 0 Å². The maximum atomic E-state index is 10.3. The highest BCUT2D eigenvalue weighted by atomic mass is 17.4. The van der Waals surface area contributed by atoms with E-state index < -0.39 is 5.97 Å². The fourth-order valence-corrected chi connectivity index (χ4v) is 0.773. The SMILES string of the molecule is COC(=O)C(C)C.COC1(C(C)C)OO1. The van der Waals surface area contributed by atoms with Crippen LogP contribution in [0, 0.1) is 11.8 Å². The van der Waals surface area contributed by atoms with E-state index in [-0.39, 0.29) is 17.8 Å². The summed E-state index contributed by atoms with van der Waals surface area (Å²) in [6.45, 7) is 7.53. The molecule has 5 heteroatoms. The number of carbonyl (C=O) groups is 1. The van der Waals surface area contributed by atoms with Crippen molar-refractivity contribution in [3.63, 3.8) is 0 Å². The van der Waals surface area contributed by atoms with Crippen LogP contribution in [0.1, 0.15) is 27.7 Å². The van der Waals surface area contributed by atoms with Crippen LogP contribution in [-0.4, -0.2) is 26.2 Å². The van der Waals surface area contributed by atoms with Gasteiger partial charge in [-0.25, -0.2) is 0 Å². The van der Waals surface area contributed by atoms with Crippen molar-refractivity contribution in [3.05, 3.63) is 0 Å². The van der Waals surface area contributed by atoms with Gasteiger partial charge < -0.3 is 9.47 Å². The van der Waals surface area contributed by atoms with E-state index in [9.17, 15) is 4.79 Å². The van der Waals surface area contributed by atoms with Crippen LogP contribution in [0.25, 0.3) is 0 Å². The zero-order valence-electron chi connectivity index (χ0n) is 10.2. The molecule has 0 N–H and O–H groups in total. The highest BCUT2D eigenvalue weighted by Crippen LogP contribution is 2.37. The summed E-state index contributed by atoms with van der Waals surface area (Å²) in [5.74, 6) is -0.600. The van der Waals surface area contributed by atoms with Gasteiger partial charge in [0.25, 0.3) is 0 Å². The average molecular weight is 220 g/mol. The van der Waals surface area contributed by atoms with Crippen LogP contribution in [0.2, 0.25) is 0 Å². The van der Waals surface area contributed by atoms with Crippen LogP contribution in [0.15, 0.2) is 0 Å². The minimum atomic E-state index is -0.708. The third-order valence-corrected chi connectivity index (χ3v) is 1.91. The van der Waals surface area contributed by atoms with E-state index in [0.717, 1.165) is 0 Å². The Balaban J connectivity index is 0.000000265. The zero-order valence-corrected chi connectivity index (χ0v) is 10.2. The summed E-state index contributed by atoms with van der Waals surface area (Å²) in [7, 11) is 2.95. The van der Waals surface area contributed by atoms with E-state index in [1.165, 1.54) is 7.11 Å². The zero-order chi connectivity index (χ0) is 12.1. The fourth-order valence-electron chi connectivity index (χ4n) is 0.773. The second-order valence-corrected chi connectivity index (χ2v) is 3.81. The molecule has 0 spiro atoms. The van der Waals surface area contributed by atoms with Gasteiger partial charge in [0.15, 0.2) is 0 Å². The number of hydrogen-bond donors (Lipinski definition) is 0. The topological polar surface area (TPSA) is 60.6 Å². The molecule has 0 unspecified atom stereocenters. The number of methoxy groups -OCH3 is 2. The Bertz CT molecular complexity index is 196. The number of carbonyl (C=O) groups excluding carboxylic acids is 1. The van der Waals surface area contributed by atoms with Gasteiger partial charge in [0.1, 0.15) is 0 Å². The Morgan fingerprint density at radius 1 is 1.13 bits per heavy atom. The number of rotatable bonds is 3. The summed E-state index contributed by atoms with van der Waals surface area (Å²) < 4.78 is 9.24. The lowest BCUT2D eigenvalue weighted by molar-refractivity contribution is -0.144. The Labute approximate surface area is 90.6 Å². The van der Waals surface area contributed by atoms with E-state index in [0.29, 0.717) is 0 Å². The highest BCUT2D eigenvalue weighted by Gasteiger charge is 2.53. The maximum absolute atomic E-state index is 10.3. The summed E-state index contributed by atoms with van der Waals surface area (Å²) in [6.07, 6.45) is 0. The summed E-state index contributed by atoms with van der Waals surface area (Å²) in [6, 6.07) is 0. The molecule has 15 heavy (non-hydrogen) atoms. The number of ether oxygens (including phenoxy) is 2. The van der Waals surface area contributed by atoms with Gasteiger partial charge in [-0.15, -0.1) is 0 Å². The van der Waals surface area contributed by atoms with Crippen molar-refractivity contribution in [2.45, 2.75) is 33.7 Å². The molecule has 90 valence electrons. The standard InChI is InChI=1S/C5H10O3.C5H10O2/c1-4(2)5(6-3)7-8-5;1-4(2)5(6)7-3/h4H,1-3H3;4H,1-3H3. The van der Waals surface area contributed by atoms with Crippen molar-refractivity contribution >= 4 is 5.97 Å². The molecule has 1 aliphatic heterocycles. The minimum absolute atomic E-state index is 0.00463. The lowest BCUT2D eigenvalue weighted by atomic mass is 10.2. The van der Waals surface area contributed by atoms with E-state index in [2.05, 4.69) is 14.5 Å². The Morgan fingerprint density at radius 3 is 1.60 bits per heavy atom. The van der Waals surface area contributed by atoms with Crippen LogP contribution in [-0.2, 0) is 24.0 Å².